The van der Waals surface area contributed by atoms with Gasteiger partial charge in [0.05, 0.1) is 0 Å². The van der Waals surface area contributed by atoms with Crippen molar-refractivity contribution in [2.75, 3.05) is 6.54 Å². The smallest absolute Gasteiger partial charge is 0.323 e. The summed E-state index contributed by atoms with van der Waals surface area (Å²) in [5.74, 6) is -1.29. The van der Waals surface area contributed by atoms with Crippen LogP contribution in [0.2, 0.25) is 0 Å². The van der Waals surface area contributed by atoms with Crippen molar-refractivity contribution in [3.8, 4) is 0 Å². The van der Waals surface area contributed by atoms with Gasteiger partial charge in [0, 0.05) is 21.5 Å². The SMILES string of the molecule is O=C(O)CN1C(=O)CC1CC(I)=CS(=O)(=O)c1cccs1. The highest BCUT2D eigenvalue weighted by Gasteiger charge is 2.37. The predicted octanol–water partition coefficient (Wildman–Crippen LogP) is 1.87. The molecule has 0 bridgehead atoms. The Balaban J connectivity index is 2.05. The molecular weight excluding hydrogens is 429 g/mol. The molecule has 1 aliphatic heterocycles. The van der Waals surface area contributed by atoms with Gasteiger partial charge in [-0.15, -0.1) is 11.3 Å². The number of carbonyl (C=O) groups excluding carboxylic acids is 1. The third kappa shape index (κ3) is 4.04. The standard InChI is InChI=1S/C12H12INO5S2/c13-8(7-21(18,19)12-2-1-3-20-12)4-9-5-10(15)14(9)6-11(16)17/h1-3,7,9H,4-6H2,(H,16,17). The van der Waals surface area contributed by atoms with Crippen LogP contribution in [-0.4, -0.2) is 42.9 Å². The molecule has 1 N–H and O–H groups in total. The third-order valence-corrected chi connectivity index (χ3v) is 7.08. The average Bonchev–Trinajstić information content (AvgIpc) is 2.89. The normalized spacial score (nSPS) is 19.5. The van der Waals surface area contributed by atoms with Crippen molar-refractivity contribution in [2.24, 2.45) is 0 Å². The van der Waals surface area contributed by atoms with Gasteiger partial charge >= 0.3 is 5.97 Å². The zero-order valence-corrected chi connectivity index (χ0v) is 14.5. The summed E-state index contributed by atoms with van der Waals surface area (Å²) >= 11 is 3.06. The van der Waals surface area contributed by atoms with Gasteiger partial charge < -0.3 is 10.0 Å². The summed E-state index contributed by atoms with van der Waals surface area (Å²) < 4.78 is 25.0. The lowest BCUT2D eigenvalue weighted by Gasteiger charge is -2.39. The molecule has 2 rings (SSSR count). The summed E-state index contributed by atoms with van der Waals surface area (Å²) in [4.78, 5) is 23.3. The van der Waals surface area contributed by atoms with Crippen LogP contribution in [0.5, 0.6) is 0 Å². The molecule has 0 saturated carbocycles. The summed E-state index contributed by atoms with van der Waals surface area (Å²) in [6.45, 7) is -0.342. The summed E-state index contributed by atoms with van der Waals surface area (Å²) in [7, 11) is -3.47. The third-order valence-electron chi connectivity index (χ3n) is 2.97. The molecule has 0 aliphatic carbocycles. The van der Waals surface area contributed by atoms with Crippen LogP contribution in [0.1, 0.15) is 12.8 Å². The number of sulfone groups is 1. The van der Waals surface area contributed by atoms with Crippen LogP contribution in [0, 0.1) is 0 Å². The van der Waals surface area contributed by atoms with Gasteiger partial charge in [-0.2, -0.15) is 0 Å². The van der Waals surface area contributed by atoms with Gasteiger partial charge in [0.15, 0.2) is 0 Å². The molecule has 1 aromatic rings. The fraction of sp³-hybridized carbons (Fsp3) is 0.333. The van der Waals surface area contributed by atoms with E-state index in [0.29, 0.717) is 10.0 Å². The van der Waals surface area contributed by atoms with E-state index < -0.39 is 15.8 Å². The highest BCUT2D eigenvalue weighted by molar-refractivity contribution is 14.1. The van der Waals surface area contributed by atoms with Crippen LogP contribution in [0.3, 0.4) is 0 Å². The Hall–Kier alpha value is -0.940. The molecule has 1 fully saturated rings. The van der Waals surface area contributed by atoms with Gasteiger partial charge in [-0.25, -0.2) is 8.42 Å². The van der Waals surface area contributed by atoms with Crippen LogP contribution < -0.4 is 0 Å². The lowest BCUT2D eigenvalue weighted by molar-refractivity contribution is -0.154. The molecule has 1 aliphatic rings. The van der Waals surface area contributed by atoms with Crippen LogP contribution >= 0.6 is 33.9 Å². The van der Waals surface area contributed by atoms with Gasteiger partial charge in [0.1, 0.15) is 10.8 Å². The number of halogens is 1. The molecule has 0 aromatic carbocycles. The summed E-state index contributed by atoms with van der Waals surface area (Å²) in [6, 6.07) is 2.96. The molecule has 114 valence electrons. The minimum Gasteiger partial charge on any atom is -0.480 e. The summed E-state index contributed by atoms with van der Waals surface area (Å²) in [6.07, 6.45) is 0.608. The topological polar surface area (TPSA) is 91.8 Å². The van der Waals surface area contributed by atoms with Crippen molar-refractivity contribution < 1.29 is 23.1 Å². The van der Waals surface area contributed by atoms with Gasteiger partial charge in [-0.1, -0.05) is 6.07 Å². The van der Waals surface area contributed by atoms with Crippen molar-refractivity contribution in [3.05, 3.63) is 26.5 Å². The number of carboxylic acids is 1. The van der Waals surface area contributed by atoms with E-state index in [0.717, 1.165) is 11.3 Å². The highest BCUT2D eigenvalue weighted by atomic mass is 127. The lowest BCUT2D eigenvalue weighted by Crippen LogP contribution is -2.54. The van der Waals surface area contributed by atoms with Crippen LogP contribution in [-0.2, 0) is 19.4 Å². The molecular formula is C12H12INO5S2. The van der Waals surface area contributed by atoms with E-state index in [1.165, 1.54) is 16.4 Å². The molecule has 1 amide bonds. The summed E-state index contributed by atoms with van der Waals surface area (Å²) in [5.41, 5.74) is 0. The number of amides is 1. The maximum atomic E-state index is 12.1. The zero-order valence-electron chi connectivity index (χ0n) is 10.7. The number of hydrogen-bond donors (Lipinski definition) is 1. The molecule has 1 atom stereocenters. The number of β-lactam (4-membered cyclic amide) rings is 1. The molecule has 1 saturated heterocycles. The number of aliphatic carboxylic acids is 1. The van der Waals surface area contributed by atoms with E-state index in [1.807, 2.05) is 22.6 Å². The Morgan fingerprint density at radius 1 is 1.57 bits per heavy atom. The minimum atomic E-state index is -3.47. The fourth-order valence-electron chi connectivity index (χ4n) is 1.99. The summed E-state index contributed by atoms with van der Waals surface area (Å²) in [5, 5.41) is 11.6. The molecule has 1 aromatic heterocycles. The first-order chi connectivity index (χ1) is 9.79. The number of likely N-dealkylation sites (tertiary alicyclic amines) is 1. The largest absolute Gasteiger partial charge is 0.480 e. The molecule has 9 heteroatoms. The van der Waals surface area contributed by atoms with Crippen LogP contribution in [0.15, 0.2) is 30.7 Å². The van der Waals surface area contributed by atoms with Gasteiger partial charge in [-0.05, 0) is 40.5 Å². The highest BCUT2D eigenvalue weighted by Crippen LogP contribution is 2.29. The van der Waals surface area contributed by atoms with Crippen molar-refractivity contribution in [3.63, 3.8) is 0 Å². The Morgan fingerprint density at radius 2 is 2.29 bits per heavy atom. The molecule has 0 radical (unpaired) electrons. The number of carboxylic acid groups (broad SMARTS) is 1. The Bertz CT molecular complexity index is 681. The Morgan fingerprint density at radius 3 is 2.81 bits per heavy atom. The van der Waals surface area contributed by atoms with Crippen molar-refractivity contribution in [1.82, 2.24) is 4.90 Å². The maximum Gasteiger partial charge on any atom is 0.323 e. The first-order valence-corrected chi connectivity index (χ1v) is 9.46. The Labute approximate surface area is 139 Å². The van der Waals surface area contributed by atoms with Crippen molar-refractivity contribution in [2.45, 2.75) is 23.1 Å². The number of nitrogens with zero attached hydrogens (tertiary/aromatic N) is 1. The fourth-order valence-corrected chi connectivity index (χ4v) is 5.62. The molecule has 6 nitrogen and oxygen atoms in total. The second-order valence-electron chi connectivity index (χ2n) is 4.52. The van der Waals surface area contributed by atoms with Gasteiger partial charge in [0.25, 0.3) is 0 Å². The van der Waals surface area contributed by atoms with E-state index in [9.17, 15) is 18.0 Å². The lowest BCUT2D eigenvalue weighted by atomic mass is 9.99. The zero-order chi connectivity index (χ0) is 15.6. The average molecular weight is 441 g/mol. The maximum absolute atomic E-state index is 12.1. The second-order valence-corrected chi connectivity index (χ2v) is 8.88. The van der Waals surface area contributed by atoms with E-state index >= 15 is 0 Å². The van der Waals surface area contributed by atoms with Crippen molar-refractivity contribution >= 4 is 55.6 Å². The Kier molecular flexibility index (Phi) is 5.04. The number of thiophene rings is 1. The number of rotatable bonds is 6. The van der Waals surface area contributed by atoms with Crippen LogP contribution in [0.4, 0.5) is 0 Å². The van der Waals surface area contributed by atoms with E-state index in [4.69, 9.17) is 5.11 Å². The van der Waals surface area contributed by atoms with Gasteiger partial charge in [-0.3, -0.25) is 9.59 Å². The van der Waals surface area contributed by atoms with Crippen molar-refractivity contribution in [1.29, 1.82) is 0 Å². The van der Waals surface area contributed by atoms with E-state index in [2.05, 4.69) is 0 Å². The van der Waals surface area contributed by atoms with E-state index in [1.54, 1.807) is 11.4 Å². The molecule has 1 unspecified atom stereocenters. The van der Waals surface area contributed by atoms with Gasteiger partial charge in [0.2, 0.25) is 15.7 Å². The van der Waals surface area contributed by atoms with Crippen LogP contribution in [0.25, 0.3) is 0 Å². The predicted molar refractivity (Wildman–Crippen MR) is 86.0 cm³/mol. The first kappa shape index (κ1) is 16.4. The minimum absolute atomic E-state index is 0.215. The van der Waals surface area contributed by atoms with E-state index in [-0.39, 0.29) is 29.1 Å². The number of hydrogen-bond acceptors (Lipinski definition) is 5. The second kappa shape index (κ2) is 6.44. The molecule has 0 spiro atoms. The monoisotopic (exact) mass is 441 g/mol. The molecule has 2 heterocycles. The molecule has 21 heavy (non-hydrogen) atoms. The quantitative estimate of drug-likeness (QED) is 0.538. The first-order valence-electron chi connectivity index (χ1n) is 5.95. The number of carbonyl (C=O) groups is 2.